The van der Waals surface area contributed by atoms with Crippen molar-refractivity contribution in [1.29, 1.82) is 0 Å². The second kappa shape index (κ2) is 12.6. The largest absolute Gasteiger partial charge is 0.492 e. The summed E-state index contributed by atoms with van der Waals surface area (Å²) in [6.07, 6.45) is 1.50. The van der Waals surface area contributed by atoms with Gasteiger partial charge in [-0.1, -0.05) is 53.5 Å². The van der Waals surface area contributed by atoms with Crippen molar-refractivity contribution in [3.8, 4) is 11.4 Å². The number of hydrogen-bond acceptors (Lipinski definition) is 5. The molecule has 0 saturated carbocycles. The quantitative estimate of drug-likeness (QED) is 0.175. The molecule has 4 rings (SSSR count). The predicted octanol–water partition coefficient (Wildman–Crippen LogP) is 6.15. The van der Waals surface area contributed by atoms with Crippen LogP contribution < -0.4 is 14.5 Å². The lowest BCUT2D eigenvalue weighted by Crippen LogP contribution is -2.39. The van der Waals surface area contributed by atoms with E-state index in [9.17, 15) is 13.2 Å². The molecule has 0 fully saturated rings. The number of halogens is 2. The number of sulfonamides is 1. The number of anilines is 1. The minimum Gasteiger partial charge on any atom is -0.492 e. The van der Waals surface area contributed by atoms with Gasteiger partial charge in [-0.15, -0.1) is 0 Å². The highest BCUT2D eigenvalue weighted by atomic mass is 35.5. The molecule has 1 N–H and O–H groups in total. The standard InChI is InChI=1S/C29H28Cl2N4O4S/c1-4-39-28-13-9-8-12-27(28)34(40(37,38)24-10-6-5-7-11-24)19-29(36)33-32-18-22-16-20(2)35(21(22)3)26-15-14-23(30)17-25(26)31/h5-18H,4,19H2,1-3H3,(H,33,36)/b32-18-. The van der Waals surface area contributed by atoms with Gasteiger partial charge in [0.25, 0.3) is 15.9 Å². The van der Waals surface area contributed by atoms with Crippen LogP contribution in [0, 0.1) is 13.8 Å². The first-order chi connectivity index (χ1) is 19.1. The first-order valence-corrected chi connectivity index (χ1v) is 14.6. The maximum atomic E-state index is 13.6. The lowest BCUT2D eigenvalue weighted by atomic mass is 10.2. The summed E-state index contributed by atoms with van der Waals surface area (Å²) < 4.78 is 35.9. The van der Waals surface area contributed by atoms with Crippen LogP contribution >= 0.6 is 23.2 Å². The Morgan fingerprint density at radius 1 is 1.02 bits per heavy atom. The van der Waals surface area contributed by atoms with Crippen LogP contribution in [-0.4, -0.2) is 38.3 Å². The van der Waals surface area contributed by atoms with E-state index >= 15 is 0 Å². The minimum atomic E-state index is -4.10. The van der Waals surface area contributed by atoms with Crippen LogP contribution in [0.3, 0.4) is 0 Å². The molecule has 0 bridgehead atoms. The van der Waals surface area contributed by atoms with Crippen LogP contribution in [0.1, 0.15) is 23.9 Å². The van der Waals surface area contributed by atoms with Crippen molar-refractivity contribution in [2.24, 2.45) is 5.10 Å². The first-order valence-electron chi connectivity index (χ1n) is 12.4. The molecule has 208 valence electrons. The molecule has 0 saturated heterocycles. The van der Waals surface area contributed by atoms with Crippen molar-refractivity contribution in [3.05, 3.63) is 106 Å². The van der Waals surface area contributed by atoms with Gasteiger partial charge >= 0.3 is 0 Å². The molecule has 4 aromatic rings. The summed E-state index contributed by atoms with van der Waals surface area (Å²) in [5, 5.41) is 5.14. The summed E-state index contributed by atoms with van der Waals surface area (Å²) in [4.78, 5) is 13.1. The molecule has 0 aliphatic rings. The molecule has 40 heavy (non-hydrogen) atoms. The maximum Gasteiger partial charge on any atom is 0.264 e. The van der Waals surface area contributed by atoms with E-state index in [0.717, 1.165) is 26.9 Å². The summed E-state index contributed by atoms with van der Waals surface area (Å²) in [6, 6.07) is 21.8. The molecular weight excluding hydrogens is 571 g/mol. The van der Waals surface area contributed by atoms with E-state index < -0.39 is 22.5 Å². The van der Waals surface area contributed by atoms with E-state index in [2.05, 4.69) is 10.5 Å². The molecule has 8 nitrogen and oxygen atoms in total. The van der Waals surface area contributed by atoms with E-state index in [4.69, 9.17) is 27.9 Å². The molecule has 0 atom stereocenters. The molecule has 0 aliphatic carbocycles. The monoisotopic (exact) mass is 598 g/mol. The van der Waals surface area contributed by atoms with Crippen LogP contribution in [0.2, 0.25) is 10.0 Å². The highest BCUT2D eigenvalue weighted by molar-refractivity contribution is 7.92. The molecule has 1 heterocycles. The zero-order valence-electron chi connectivity index (χ0n) is 22.1. The molecular formula is C29H28Cl2N4O4S. The maximum absolute atomic E-state index is 13.6. The predicted molar refractivity (Wildman–Crippen MR) is 160 cm³/mol. The number of benzene rings is 3. The number of aromatic nitrogens is 1. The van der Waals surface area contributed by atoms with Gasteiger partial charge in [-0.3, -0.25) is 9.10 Å². The van der Waals surface area contributed by atoms with Crippen molar-refractivity contribution in [1.82, 2.24) is 9.99 Å². The number of nitrogens with zero attached hydrogens (tertiary/aromatic N) is 3. The number of nitrogens with one attached hydrogen (secondary N) is 1. The number of rotatable bonds is 10. The molecule has 0 aliphatic heterocycles. The Morgan fingerprint density at radius 2 is 1.73 bits per heavy atom. The fourth-order valence-corrected chi connectivity index (χ4v) is 6.20. The fraction of sp³-hybridized carbons (Fsp3) is 0.172. The third-order valence-electron chi connectivity index (χ3n) is 6.07. The molecule has 0 unspecified atom stereocenters. The SMILES string of the molecule is CCOc1ccccc1N(CC(=O)N/N=C\c1cc(C)n(-c2ccc(Cl)cc2Cl)c1C)S(=O)(=O)c1ccccc1. The van der Waals surface area contributed by atoms with E-state index in [1.165, 1.54) is 18.3 Å². The molecule has 11 heteroatoms. The Labute approximate surface area is 243 Å². The van der Waals surface area contributed by atoms with Crippen molar-refractivity contribution in [3.63, 3.8) is 0 Å². The lowest BCUT2D eigenvalue weighted by molar-refractivity contribution is -0.119. The number of carbonyl (C=O) groups excluding carboxylic acids is 1. The number of aryl methyl sites for hydroxylation is 1. The number of hydrogen-bond donors (Lipinski definition) is 1. The Balaban J connectivity index is 1.59. The first kappa shape index (κ1) is 29.2. The topological polar surface area (TPSA) is 93.0 Å². The number of ether oxygens (including phenoxy) is 1. The summed E-state index contributed by atoms with van der Waals surface area (Å²) in [5.74, 6) is -0.286. The van der Waals surface area contributed by atoms with Crippen molar-refractivity contribution in [2.45, 2.75) is 25.7 Å². The summed E-state index contributed by atoms with van der Waals surface area (Å²) in [6.45, 7) is 5.44. The van der Waals surface area contributed by atoms with Gasteiger partial charge < -0.3 is 9.30 Å². The smallest absolute Gasteiger partial charge is 0.264 e. The van der Waals surface area contributed by atoms with Gasteiger partial charge in [0, 0.05) is 22.0 Å². The van der Waals surface area contributed by atoms with E-state index in [0.29, 0.717) is 22.4 Å². The van der Waals surface area contributed by atoms with Gasteiger partial charge in [0.1, 0.15) is 12.3 Å². The van der Waals surface area contributed by atoms with E-state index in [1.54, 1.807) is 61.5 Å². The van der Waals surface area contributed by atoms with Crippen molar-refractivity contribution < 1.29 is 17.9 Å². The highest BCUT2D eigenvalue weighted by Gasteiger charge is 2.29. The molecule has 0 spiro atoms. The number of para-hydroxylation sites is 2. The van der Waals surface area contributed by atoms with E-state index in [1.807, 2.05) is 30.5 Å². The minimum absolute atomic E-state index is 0.0471. The lowest BCUT2D eigenvalue weighted by Gasteiger charge is -2.25. The molecule has 1 amide bonds. The normalized spacial score (nSPS) is 11.5. The third kappa shape index (κ3) is 6.33. The zero-order chi connectivity index (χ0) is 28.9. The highest BCUT2D eigenvalue weighted by Crippen LogP contribution is 2.32. The number of amides is 1. The van der Waals surface area contributed by atoms with Crippen LogP contribution in [0.4, 0.5) is 5.69 Å². The summed E-state index contributed by atoms with van der Waals surface area (Å²) in [7, 11) is -4.10. The van der Waals surface area contributed by atoms with Crippen LogP contribution in [0.5, 0.6) is 5.75 Å². The van der Waals surface area contributed by atoms with Gasteiger partial charge in [-0.25, -0.2) is 13.8 Å². The zero-order valence-corrected chi connectivity index (χ0v) is 24.5. The Bertz CT molecular complexity index is 1650. The van der Waals surface area contributed by atoms with Crippen molar-refractivity contribution >= 4 is 51.0 Å². The molecule has 3 aromatic carbocycles. The Kier molecular flexibility index (Phi) is 9.19. The second-order valence-corrected chi connectivity index (χ2v) is 11.5. The summed E-state index contributed by atoms with van der Waals surface area (Å²) in [5.41, 5.74) is 5.96. The molecule has 1 aromatic heterocycles. The Hall–Kier alpha value is -3.79. The Morgan fingerprint density at radius 3 is 2.42 bits per heavy atom. The van der Waals surface area contributed by atoms with Crippen LogP contribution in [0.25, 0.3) is 5.69 Å². The van der Waals surface area contributed by atoms with Gasteiger partial charge in [0.15, 0.2) is 0 Å². The van der Waals surface area contributed by atoms with Gasteiger partial charge in [-0.2, -0.15) is 5.10 Å². The average molecular weight is 600 g/mol. The van der Waals surface area contributed by atoms with Gasteiger partial charge in [0.2, 0.25) is 0 Å². The number of carbonyl (C=O) groups is 1. The van der Waals surface area contributed by atoms with E-state index in [-0.39, 0.29) is 10.6 Å². The van der Waals surface area contributed by atoms with Crippen molar-refractivity contribution in [2.75, 3.05) is 17.5 Å². The second-order valence-electron chi connectivity index (χ2n) is 8.78. The average Bonchev–Trinajstić information content (AvgIpc) is 3.21. The third-order valence-corrected chi connectivity index (χ3v) is 8.38. The van der Waals surface area contributed by atoms with Gasteiger partial charge in [-0.05, 0) is 69.3 Å². The van der Waals surface area contributed by atoms with Crippen LogP contribution in [-0.2, 0) is 14.8 Å². The van der Waals surface area contributed by atoms with Crippen LogP contribution in [0.15, 0.2) is 88.9 Å². The molecule has 0 radical (unpaired) electrons. The fourth-order valence-electron chi connectivity index (χ4n) is 4.25. The summed E-state index contributed by atoms with van der Waals surface area (Å²) >= 11 is 12.5. The van der Waals surface area contributed by atoms with Gasteiger partial charge in [0.05, 0.1) is 34.1 Å². The number of hydrazone groups is 1.